The van der Waals surface area contributed by atoms with Gasteiger partial charge in [-0.3, -0.25) is 0 Å². The molecule has 1 aromatic carbocycles. The van der Waals surface area contributed by atoms with Gasteiger partial charge in [-0.2, -0.15) is 0 Å². The van der Waals surface area contributed by atoms with Gasteiger partial charge in [-0.1, -0.05) is 32.0 Å². The lowest BCUT2D eigenvalue weighted by molar-refractivity contribution is 0.281. The molecule has 0 bridgehead atoms. The maximum Gasteiger partial charge on any atom is 0.119 e. The van der Waals surface area contributed by atoms with Crippen molar-refractivity contribution in [1.82, 2.24) is 10.2 Å². The fraction of sp³-hybridized carbons (Fsp3) is 0.625. The molecule has 0 aromatic heterocycles. The van der Waals surface area contributed by atoms with Gasteiger partial charge in [-0.05, 0) is 44.6 Å². The number of nitrogens with zero attached hydrogens (tertiary/aromatic N) is 1. The van der Waals surface area contributed by atoms with Crippen LogP contribution < -0.4 is 10.1 Å². The molecule has 3 nitrogen and oxygen atoms in total. The van der Waals surface area contributed by atoms with E-state index in [1.165, 1.54) is 13.0 Å². The van der Waals surface area contributed by atoms with E-state index in [9.17, 15) is 0 Å². The summed E-state index contributed by atoms with van der Waals surface area (Å²) < 4.78 is 5.64. The Kier molecular flexibility index (Phi) is 9.11. The minimum Gasteiger partial charge on any atom is -0.494 e. The number of ether oxygens (including phenoxy) is 1. The molecule has 1 rings (SSSR count). The van der Waals surface area contributed by atoms with E-state index in [4.69, 9.17) is 4.74 Å². The molecule has 0 radical (unpaired) electrons. The van der Waals surface area contributed by atoms with E-state index < -0.39 is 0 Å². The molecule has 0 saturated carbocycles. The number of rotatable bonds is 11. The zero-order valence-electron chi connectivity index (χ0n) is 12.4. The predicted molar refractivity (Wildman–Crippen MR) is 81.8 cm³/mol. The Morgan fingerprint density at radius 2 is 1.84 bits per heavy atom. The highest BCUT2D eigenvalue weighted by atomic mass is 16.5. The van der Waals surface area contributed by atoms with E-state index in [-0.39, 0.29) is 0 Å². The third kappa shape index (κ3) is 7.85. The van der Waals surface area contributed by atoms with Crippen LogP contribution in [0.1, 0.15) is 26.7 Å². The molecule has 19 heavy (non-hydrogen) atoms. The number of nitrogens with one attached hydrogen (secondary N) is 1. The van der Waals surface area contributed by atoms with Gasteiger partial charge in [-0.15, -0.1) is 0 Å². The van der Waals surface area contributed by atoms with Crippen LogP contribution in [0.3, 0.4) is 0 Å². The van der Waals surface area contributed by atoms with Crippen molar-refractivity contribution >= 4 is 0 Å². The van der Waals surface area contributed by atoms with Crippen molar-refractivity contribution < 1.29 is 4.74 Å². The van der Waals surface area contributed by atoms with Crippen LogP contribution in [-0.4, -0.2) is 44.2 Å². The third-order valence-corrected chi connectivity index (χ3v) is 3.10. The van der Waals surface area contributed by atoms with Gasteiger partial charge in [0.1, 0.15) is 5.75 Å². The Balaban J connectivity index is 1.94. The monoisotopic (exact) mass is 264 g/mol. The zero-order chi connectivity index (χ0) is 13.8. The maximum atomic E-state index is 5.64. The molecular formula is C16H28N2O. The molecule has 0 aliphatic rings. The zero-order valence-corrected chi connectivity index (χ0v) is 12.4. The minimum absolute atomic E-state index is 0.781. The molecule has 1 N–H and O–H groups in total. The largest absolute Gasteiger partial charge is 0.494 e. The topological polar surface area (TPSA) is 24.5 Å². The second-order valence-electron chi connectivity index (χ2n) is 4.70. The van der Waals surface area contributed by atoms with Crippen LogP contribution in [0.15, 0.2) is 30.3 Å². The van der Waals surface area contributed by atoms with Gasteiger partial charge >= 0.3 is 0 Å². The summed E-state index contributed by atoms with van der Waals surface area (Å²) in [5.74, 6) is 0.961. The van der Waals surface area contributed by atoms with Crippen molar-refractivity contribution in [3.05, 3.63) is 30.3 Å². The van der Waals surface area contributed by atoms with Crippen molar-refractivity contribution in [2.45, 2.75) is 26.7 Å². The lowest BCUT2D eigenvalue weighted by atomic mass is 10.3. The van der Waals surface area contributed by atoms with E-state index in [2.05, 4.69) is 24.1 Å². The van der Waals surface area contributed by atoms with E-state index in [0.717, 1.165) is 45.0 Å². The number of para-hydroxylation sites is 1. The summed E-state index contributed by atoms with van der Waals surface area (Å²) in [4.78, 5) is 2.48. The minimum atomic E-state index is 0.781. The molecule has 3 heteroatoms. The van der Waals surface area contributed by atoms with Gasteiger partial charge in [0.15, 0.2) is 0 Å². The predicted octanol–water partition coefficient (Wildman–Crippen LogP) is 2.78. The molecule has 0 saturated heterocycles. The summed E-state index contributed by atoms with van der Waals surface area (Å²) in [6, 6.07) is 10.0. The molecule has 0 atom stereocenters. The maximum absolute atomic E-state index is 5.64. The van der Waals surface area contributed by atoms with Gasteiger partial charge in [0.25, 0.3) is 0 Å². The Bertz CT molecular complexity index is 303. The van der Waals surface area contributed by atoms with Crippen LogP contribution in [0.4, 0.5) is 0 Å². The average molecular weight is 264 g/mol. The molecule has 0 unspecified atom stereocenters. The normalized spacial score (nSPS) is 10.9. The summed E-state index contributed by atoms with van der Waals surface area (Å²) in [5.41, 5.74) is 0. The first-order valence-corrected chi connectivity index (χ1v) is 7.47. The lowest BCUT2D eigenvalue weighted by Crippen LogP contribution is -2.33. The fourth-order valence-corrected chi connectivity index (χ4v) is 2.01. The first-order valence-electron chi connectivity index (χ1n) is 7.47. The SMILES string of the molecule is CCCN(CC)CCNCCCOc1ccccc1. The summed E-state index contributed by atoms with van der Waals surface area (Å²) in [6.07, 6.45) is 2.29. The highest BCUT2D eigenvalue weighted by Crippen LogP contribution is 2.07. The second-order valence-corrected chi connectivity index (χ2v) is 4.70. The van der Waals surface area contributed by atoms with Crippen LogP contribution in [-0.2, 0) is 0 Å². The van der Waals surface area contributed by atoms with Crippen molar-refractivity contribution in [2.75, 3.05) is 39.3 Å². The van der Waals surface area contributed by atoms with Gasteiger partial charge in [0.2, 0.25) is 0 Å². The van der Waals surface area contributed by atoms with Crippen LogP contribution in [0.5, 0.6) is 5.75 Å². The number of hydrogen-bond donors (Lipinski definition) is 1. The Labute approximate surface area is 118 Å². The highest BCUT2D eigenvalue weighted by molar-refractivity contribution is 5.20. The summed E-state index contributed by atoms with van der Waals surface area (Å²) in [5, 5.41) is 3.47. The Morgan fingerprint density at radius 3 is 2.53 bits per heavy atom. The summed E-state index contributed by atoms with van der Waals surface area (Å²) in [7, 11) is 0. The van der Waals surface area contributed by atoms with Crippen molar-refractivity contribution in [2.24, 2.45) is 0 Å². The molecule has 0 amide bonds. The van der Waals surface area contributed by atoms with Gasteiger partial charge < -0.3 is 15.0 Å². The summed E-state index contributed by atoms with van der Waals surface area (Å²) in [6.45, 7) is 10.8. The van der Waals surface area contributed by atoms with E-state index in [1.54, 1.807) is 0 Å². The van der Waals surface area contributed by atoms with Crippen LogP contribution in [0.2, 0.25) is 0 Å². The lowest BCUT2D eigenvalue weighted by Gasteiger charge is -2.19. The van der Waals surface area contributed by atoms with Crippen molar-refractivity contribution in [1.29, 1.82) is 0 Å². The molecule has 0 heterocycles. The fourth-order valence-electron chi connectivity index (χ4n) is 2.01. The van der Waals surface area contributed by atoms with Crippen molar-refractivity contribution in [3.63, 3.8) is 0 Å². The second kappa shape index (κ2) is 10.8. The first-order chi connectivity index (χ1) is 9.36. The van der Waals surface area contributed by atoms with E-state index in [1.807, 2.05) is 30.3 Å². The molecule has 0 spiro atoms. The average Bonchev–Trinajstić information content (AvgIpc) is 2.46. The first kappa shape index (κ1) is 16.0. The van der Waals surface area contributed by atoms with E-state index in [0.29, 0.717) is 0 Å². The third-order valence-electron chi connectivity index (χ3n) is 3.10. The number of hydrogen-bond acceptors (Lipinski definition) is 3. The summed E-state index contributed by atoms with van der Waals surface area (Å²) >= 11 is 0. The van der Waals surface area contributed by atoms with Crippen LogP contribution >= 0.6 is 0 Å². The molecule has 108 valence electrons. The van der Waals surface area contributed by atoms with Crippen LogP contribution in [0, 0.1) is 0 Å². The van der Waals surface area contributed by atoms with Gasteiger partial charge in [0, 0.05) is 13.1 Å². The molecule has 1 aromatic rings. The Morgan fingerprint density at radius 1 is 1.05 bits per heavy atom. The van der Waals surface area contributed by atoms with Crippen LogP contribution in [0.25, 0.3) is 0 Å². The van der Waals surface area contributed by atoms with Gasteiger partial charge in [0.05, 0.1) is 6.61 Å². The number of benzene rings is 1. The molecule has 0 aliphatic heterocycles. The Hall–Kier alpha value is -1.06. The number of likely N-dealkylation sites (N-methyl/N-ethyl adjacent to an activating group) is 1. The molecular weight excluding hydrogens is 236 g/mol. The quantitative estimate of drug-likeness (QED) is 0.622. The van der Waals surface area contributed by atoms with E-state index >= 15 is 0 Å². The smallest absolute Gasteiger partial charge is 0.119 e. The molecule has 0 aliphatic carbocycles. The van der Waals surface area contributed by atoms with Gasteiger partial charge in [-0.25, -0.2) is 0 Å². The standard InChI is InChI=1S/C16H28N2O/c1-3-13-18(4-2)14-12-17-11-8-15-19-16-9-6-5-7-10-16/h5-7,9-10,17H,3-4,8,11-15H2,1-2H3. The van der Waals surface area contributed by atoms with Crippen molar-refractivity contribution in [3.8, 4) is 5.75 Å². The highest BCUT2D eigenvalue weighted by Gasteiger charge is 1.99. The molecule has 0 fully saturated rings.